The van der Waals surface area contributed by atoms with E-state index in [2.05, 4.69) is 35.4 Å². The van der Waals surface area contributed by atoms with Gasteiger partial charge >= 0.3 is 0 Å². The lowest BCUT2D eigenvalue weighted by molar-refractivity contribution is 0.246. The molecule has 0 amide bonds. The van der Waals surface area contributed by atoms with E-state index in [4.69, 9.17) is 4.42 Å². The first-order valence-corrected chi connectivity index (χ1v) is 10.3. The highest BCUT2D eigenvalue weighted by Crippen LogP contribution is 2.18. The van der Waals surface area contributed by atoms with Gasteiger partial charge in [0.25, 0.3) is 0 Å². The Balaban J connectivity index is 1.53. The van der Waals surface area contributed by atoms with Crippen LogP contribution >= 0.6 is 15.9 Å². The summed E-state index contributed by atoms with van der Waals surface area (Å²) < 4.78 is 8.69. The summed E-state index contributed by atoms with van der Waals surface area (Å²) in [4.78, 5) is 23.4. The average molecular weight is 453 g/mol. The van der Waals surface area contributed by atoms with E-state index in [-0.39, 0.29) is 5.43 Å². The first-order valence-electron chi connectivity index (χ1n) is 9.46. The molecule has 4 rings (SSSR count). The van der Waals surface area contributed by atoms with Crippen LogP contribution in [-0.4, -0.2) is 26.0 Å². The average Bonchev–Trinajstić information content (AvgIpc) is 3.24. The monoisotopic (exact) mass is 452 g/mol. The normalized spacial score (nSPS) is 11.4. The van der Waals surface area contributed by atoms with Crippen LogP contribution in [0, 0.1) is 0 Å². The van der Waals surface area contributed by atoms with E-state index in [1.807, 2.05) is 36.8 Å². The van der Waals surface area contributed by atoms with Crippen LogP contribution in [-0.2, 0) is 19.6 Å². The molecule has 4 aromatic rings. The second-order valence-electron chi connectivity index (χ2n) is 6.95. The zero-order chi connectivity index (χ0) is 20.1. The summed E-state index contributed by atoms with van der Waals surface area (Å²) in [6.07, 6.45) is 11.7. The van der Waals surface area contributed by atoms with Gasteiger partial charge in [-0.05, 0) is 42.3 Å². The van der Waals surface area contributed by atoms with Crippen molar-refractivity contribution in [1.82, 2.24) is 19.4 Å². The third kappa shape index (κ3) is 4.99. The van der Waals surface area contributed by atoms with Gasteiger partial charge in [-0.2, -0.15) is 0 Å². The Labute approximate surface area is 177 Å². The molecule has 0 saturated heterocycles. The SMILES string of the molecule is O=c1c(CN(CCCn2ccnc2)Cc2ccncc2)coc2cc(Br)ccc12. The number of pyridine rings is 1. The van der Waals surface area contributed by atoms with E-state index in [0.29, 0.717) is 23.1 Å². The van der Waals surface area contributed by atoms with Gasteiger partial charge < -0.3 is 8.98 Å². The number of halogens is 1. The minimum atomic E-state index is 0.0214. The van der Waals surface area contributed by atoms with Gasteiger partial charge in [0.2, 0.25) is 0 Å². The molecule has 3 heterocycles. The standard InChI is InChI=1S/C22H21BrN4O2/c23-19-2-3-20-21(12-19)29-15-18(22(20)28)14-27(13-17-4-6-24-7-5-17)10-1-9-26-11-8-25-16-26/h2-8,11-12,15-16H,1,9-10,13-14H2. The van der Waals surface area contributed by atoms with E-state index in [1.165, 1.54) is 0 Å². The summed E-state index contributed by atoms with van der Waals surface area (Å²) in [5.41, 5.74) is 2.44. The van der Waals surface area contributed by atoms with Crippen LogP contribution in [0.5, 0.6) is 0 Å². The summed E-state index contributed by atoms with van der Waals surface area (Å²) in [5, 5.41) is 0.605. The Morgan fingerprint density at radius 2 is 1.93 bits per heavy atom. The summed E-state index contributed by atoms with van der Waals surface area (Å²) in [7, 11) is 0. The van der Waals surface area contributed by atoms with E-state index in [9.17, 15) is 4.79 Å². The molecule has 0 bridgehead atoms. The maximum absolute atomic E-state index is 13.0. The first-order chi connectivity index (χ1) is 14.2. The molecular formula is C22H21BrN4O2. The molecule has 0 aliphatic rings. The molecule has 0 saturated carbocycles. The summed E-state index contributed by atoms with van der Waals surface area (Å²) in [6.45, 7) is 3.00. The quantitative estimate of drug-likeness (QED) is 0.400. The van der Waals surface area contributed by atoms with Gasteiger partial charge in [-0.3, -0.25) is 14.7 Å². The highest BCUT2D eigenvalue weighted by Gasteiger charge is 2.13. The van der Waals surface area contributed by atoms with Crippen LogP contribution in [0.4, 0.5) is 0 Å². The molecule has 3 aromatic heterocycles. The van der Waals surface area contributed by atoms with Gasteiger partial charge in [0, 0.05) is 61.0 Å². The van der Waals surface area contributed by atoms with Gasteiger partial charge in [-0.15, -0.1) is 0 Å². The maximum atomic E-state index is 13.0. The molecule has 0 aliphatic heterocycles. The van der Waals surface area contributed by atoms with E-state index in [0.717, 1.165) is 36.1 Å². The Morgan fingerprint density at radius 1 is 1.07 bits per heavy atom. The van der Waals surface area contributed by atoms with E-state index < -0.39 is 0 Å². The van der Waals surface area contributed by atoms with Crippen molar-refractivity contribution >= 4 is 26.9 Å². The number of aryl methyl sites for hydroxylation is 1. The minimum absolute atomic E-state index is 0.0214. The molecule has 0 N–H and O–H groups in total. The fraction of sp³-hybridized carbons (Fsp3) is 0.227. The predicted molar refractivity (Wildman–Crippen MR) is 115 cm³/mol. The molecule has 6 nitrogen and oxygen atoms in total. The highest BCUT2D eigenvalue weighted by molar-refractivity contribution is 9.10. The number of hydrogen-bond acceptors (Lipinski definition) is 5. The van der Waals surface area contributed by atoms with Gasteiger partial charge in [-0.25, -0.2) is 4.98 Å². The van der Waals surface area contributed by atoms with Gasteiger partial charge in [-0.1, -0.05) is 15.9 Å². The number of hydrogen-bond donors (Lipinski definition) is 0. The van der Waals surface area contributed by atoms with E-state index >= 15 is 0 Å². The fourth-order valence-corrected chi connectivity index (χ4v) is 3.69. The smallest absolute Gasteiger partial charge is 0.197 e. The van der Waals surface area contributed by atoms with Gasteiger partial charge in [0.15, 0.2) is 5.43 Å². The van der Waals surface area contributed by atoms with Crippen LogP contribution in [0.3, 0.4) is 0 Å². The lowest BCUT2D eigenvalue weighted by atomic mass is 10.1. The molecule has 148 valence electrons. The van der Waals surface area contributed by atoms with Crippen molar-refractivity contribution in [2.75, 3.05) is 6.54 Å². The molecule has 0 spiro atoms. The summed E-state index contributed by atoms with van der Waals surface area (Å²) >= 11 is 3.42. The van der Waals surface area contributed by atoms with Crippen molar-refractivity contribution in [3.05, 3.63) is 93.5 Å². The topological polar surface area (TPSA) is 64.2 Å². The Hall–Kier alpha value is -2.77. The fourth-order valence-electron chi connectivity index (χ4n) is 3.35. The predicted octanol–water partition coefficient (Wildman–Crippen LogP) is 4.24. The van der Waals surface area contributed by atoms with Crippen LogP contribution in [0.2, 0.25) is 0 Å². The van der Waals surface area contributed by atoms with Crippen molar-refractivity contribution in [3.8, 4) is 0 Å². The Bertz CT molecular complexity index is 1130. The minimum Gasteiger partial charge on any atom is -0.464 e. The Kier molecular flexibility index (Phi) is 6.17. The zero-order valence-corrected chi connectivity index (χ0v) is 17.5. The second-order valence-corrected chi connectivity index (χ2v) is 7.87. The molecule has 0 fully saturated rings. The van der Waals surface area contributed by atoms with Crippen molar-refractivity contribution in [2.24, 2.45) is 0 Å². The van der Waals surface area contributed by atoms with Crippen molar-refractivity contribution in [2.45, 2.75) is 26.1 Å². The number of imidazole rings is 1. The maximum Gasteiger partial charge on any atom is 0.197 e. The van der Waals surface area contributed by atoms with Crippen molar-refractivity contribution < 1.29 is 4.42 Å². The third-order valence-electron chi connectivity index (χ3n) is 4.81. The lowest BCUT2D eigenvalue weighted by Gasteiger charge is -2.22. The second kappa shape index (κ2) is 9.15. The summed E-state index contributed by atoms with van der Waals surface area (Å²) in [5.74, 6) is 0. The molecule has 1 aromatic carbocycles. The number of rotatable bonds is 8. The number of aromatic nitrogens is 3. The number of nitrogens with zero attached hydrogens (tertiary/aromatic N) is 4. The largest absolute Gasteiger partial charge is 0.464 e. The van der Waals surface area contributed by atoms with Gasteiger partial charge in [0.1, 0.15) is 5.58 Å². The third-order valence-corrected chi connectivity index (χ3v) is 5.30. The molecule has 0 unspecified atom stereocenters. The number of benzene rings is 1. The van der Waals surface area contributed by atoms with Crippen molar-refractivity contribution in [1.29, 1.82) is 0 Å². The molecular weight excluding hydrogens is 432 g/mol. The Morgan fingerprint density at radius 3 is 2.72 bits per heavy atom. The van der Waals surface area contributed by atoms with Crippen LogP contribution in [0.15, 0.2) is 81.4 Å². The zero-order valence-electron chi connectivity index (χ0n) is 15.9. The van der Waals surface area contributed by atoms with Crippen molar-refractivity contribution in [3.63, 3.8) is 0 Å². The lowest BCUT2D eigenvalue weighted by Crippen LogP contribution is -2.27. The first kappa shape index (κ1) is 19.5. The molecule has 29 heavy (non-hydrogen) atoms. The van der Waals surface area contributed by atoms with E-state index in [1.54, 1.807) is 30.9 Å². The highest BCUT2D eigenvalue weighted by atomic mass is 79.9. The van der Waals surface area contributed by atoms with Crippen LogP contribution < -0.4 is 5.43 Å². The summed E-state index contributed by atoms with van der Waals surface area (Å²) in [6, 6.07) is 9.50. The molecule has 7 heteroatoms. The number of fused-ring (bicyclic) bond motifs is 1. The van der Waals surface area contributed by atoms with Crippen LogP contribution in [0.1, 0.15) is 17.5 Å². The van der Waals surface area contributed by atoms with Crippen LogP contribution in [0.25, 0.3) is 11.0 Å². The van der Waals surface area contributed by atoms with Gasteiger partial charge in [0.05, 0.1) is 18.0 Å². The molecule has 0 atom stereocenters. The molecule has 0 aliphatic carbocycles. The molecule has 0 radical (unpaired) electrons.